The van der Waals surface area contributed by atoms with E-state index in [0.29, 0.717) is 22.6 Å². The minimum atomic E-state index is -1.24. The quantitative estimate of drug-likeness (QED) is 0.766. The van der Waals surface area contributed by atoms with Crippen LogP contribution in [0.1, 0.15) is 54.0 Å². The molecule has 136 valence electrons. The van der Waals surface area contributed by atoms with Crippen LogP contribution in [-0.4, -0.2) is 32.8 Å². The molecule has 0 unspecified atom stereocenters. The smallest absolute Gasteiger partial charge is 0.170 e. The lowest BCUT2D eigenvalue weighted by Crippen LogP contribution is -2.41. The number of fused-ring (bicyclic) bond motifs is 2. The maximum absolute atomic E-state index is 12.6. The molecule has 0 aliphatic carbocycles. The molecular weight excluding hydrogens is 336 g/mol. The van der Waals surface area contributed by atoms with Crippen molar-refractivity contribution in [1.29, 1.82) is 0 Å². The summed E-state index contributed by atoms with van der Waals surface area (Å²) in [7, 11) is 0. The number of carbonyl (C=O) groups excluding carboxylic acids is 1. The second kappa shape index (κ2) is 5.72. The monoisotopic (exact) mass is 356 g/mol. The first-order valence-electron chi connectivity index (χ1n) is 8.48. The van der Waals surface area contributed by atoms with E-state index in [1.807, 2.05) is 0 Å². The number of phenols is 1. The standard InChI is InChI=1S/C20H20O6/c1-20(2,24)19-18(23)13-7-12-14(22)8-15(10-3-5-11(21)6-4-10)25-16(12)9-17(13)26-19/h3-7,9,15,18-19,21,23-24H,8H2,1-2H3/t15-,18+,19-/m1/s1. The Balaban J connectivity index is 1.68. The van der Waals surface area contributed by atoms with Crippen LogP contribution in [0.15, 0.2) is 36.4 Å². The van der Waals surface area contributed by atoms with Gasteiger partial charge in [0, 0.05) is 11.6 Å². The number of hydrogen-bond donors (Lipinski definition) is 3. The summed E-state index contributed by atoms with van der Waals surface area (Å²) in [6.45, 7) is 3.13. The van der Waals surface area contributed by atoms with Crippen molar-refractivity contribution < 1.29 is 29.6 Å². The molecular formula is C20H20O6. The Labute approximate surface area is 150 Å². The highest BCUT2D eigenvalue weighted by atomic mass is 16.5. The van der Waals surface area contributed by atoms with Crippen LogP contribution < -0.4 is 9.47 Å². The van der Waals surface area contributed by atoms with Crippen molar-refractivity contribution in [2.75, 3.05) is 0 Å². The fourth-order valence-corrected chi connectivity index (χ4v) is 3.47. The molecule has 0 radical (unpaired) electrons. The highest BCUT2D eigenvalue weighted by Crippen LogP contribution is 2.46. The second-order valence-electron chi connectivity index (χ2n) is 7.35. The maximum Gasteiger partial charge on any atom is 0.170 e. The number of phenolic OH excluding ortho intramolecular Hbond substituents is 1. The van der Waals surface area contributed by atoms with Crippen molar-refractivity contribution in [3.63, 3.8) is 0 Å². The molecule has 3 atom stereocenters. The molecule has 0 saturated heterocycles. The van der Waals surface area contributed by atoms with Gasteiger partial charge in [-0.05, 0) is 37.6 Å². The molecule has 26 heavy (non-hydrogen) atoms. The number of benzene rings is 2. The summed E-state index contributed by atoms with van der Waals surface area (Å²) in [6.07, 6.45) is -2.12. The average Bonchev–Trinajstić information content (AvgIpc) is 2.90. The van der Waals surface area contributed by atoms with Gasteiger partial charge in [-0.2, -0.15) is 0 Å². The molecule has 0 aromatic heterocycles. The Kier molecular flexibility index (Phi) is 3.71. The summed E-state index contributed by atoms with van der Waals surface area (Å²) < 4.78 is 11.7. The Hall–Kier alpha value is -2.57. The third-order valence-electron chi connectivity index (χ3n) is 4.87. The van der Waals surface area contributed by atoms with Crippen molar-refractivity contribution in [1.82, 2.24) is 0 Å². The normalized spacial score (nSPS) is 24.5. The molecule has 2 aliphatic rings. The van der Waals surface area contributed by atoms with Crippen molar-refractivity contribution in [3.05, 3.63) is 53.1 Å². The van der Waals surface area contributed by atoms with Crippen LogP contribution in [-0.2, 0) is 0 Å². The molecule has 4 rings (SSSR count). The van der Waals surface area contributed by atoms with E-state index in [-0.39, 0.29) is 18.0 Å². The van der Waals surface area contributed by atoms with Crippen molar-refractivity contribution >= 4 is 5.78 Å². The van der Waals surface area contributed by atoms with E-state index in [1.165, 1.54) is 0 Å². The lowest BCUT2D eigenvalue weighted by Gasteiger charge is -2.27. The summed E-state index contributed by atoms with van der Waals surface area (Å²) in [5.74, 6) is 0.851. The molecule has 0 fully saturated rings. The molecule has 6 nitrogen and oxygen atoms in total. The van der Waals surface area contributed by atoms with Gasteiger partial charge in [0.2, 0.25) is 0 Å². The van der Waals surface area contributed by atoms with E-state index in [4.69, 9.17) is 9.47 Å². The van der Waals surface area contributed by atoms with Crippen LogP contribution in [0, 0.1) is 0 Å². The average molecular weight is 356 g/mol. The number of aromatic hydroxyl groups is 1. The van der Waals surface area contributed by atoms with Crippen molar-refractivity contribution in [2.45, 2.75) is 44.2 Å². The topological polar surface area (TPSA) is 96.2 Å². The van der Waals surface area contributed by atoms with E-state index < -0.39 is 23.9 Å². The molecule has 6 heteroatoms. The number of ketones is 1. The zero-order chi connectivity index (χ0) is 18.6. The zero-order valence-electron chi connectivity index (χ0n) is 14.5. The number of rotatable bonds is 2. The van der Waals surface area contributed by atoms with Crippen LogP contribution in [0.3, 0.4) is 0 Å². The molecule has 2 aromatic carbocycles. The number of aliphatic hydroxyl groups is 2. The number of Topliss-reactive ketones (excluding diaryl/α,β-unsaturated/α-hetero) is 1. The van der Waals surface area contributed by atoms with Crippen molar-refractivity contribution in [3.8, 4) is 17.2 Å². The first kappa shape index (κ1) is 16.9. The first-order chi connectivity index (χ1) is 12.2. The summed E-state index contributed by atoms with van der Waals surface area (Å²) in [4.78, 5) is 12.6. The summed E-state index contributed by atoms with van der Waals surface area (Å²) in [6, 6.07) is 9.73. The second-order valence-corrected chi connectivity index (χ2v) is 7.35. The highest BCUT2D eigenvalue weighted by Gasteiger charge is 2.44. The SMILES string of the molecule is CC(C)(O)[C@@H]1Oc2cc3c(cc2[C@@H]1O)C(=O)C[C@H](c1ccc(O)cc1)O3. The predicted molar refractivity (Wildman–Crippen MR) is 92.5 cm³/mol. The largest absolute Gasteiger partial charge is 0.508 e. The Morgan fingerprint density at radius 1 is 1.08 bits per heavy atom. The maximum atomic E-state index is 12.6. The molecule has 3 N–H and O–H groups in total. The van der Waals surface area contributed by atoms with Crippen molar-refractivity contribution in [2.24, 2.45) is 0 Å². The third-order valence-corrected chi connectivity index (χ3v) is 4.87. The first-order valence-corrected chi connectivity index (χ1v) is 8.48. The van der Waals surface area contributed by atoms with Gasteiger partial charge in [-0.15, -0.1) is 0 Å². The fraction of sp³-hybridized carbons (Fsp3) is 0.350. The number of hydrogen-bond acceptors (Lipinski definition) is 6. The van der Waals surface area contributed by atoms with E-state index in [9.17, 15) is 20.1 Å². The summed E-state index contributed by atoms with van der Waals surface area (Å²) in [5, 5.41) is 30.1. The lowest BCUT2D eigenvalue weighted by atomic mass is 9.91. The molecule has 2 aliphatic heterocycles. The van der Waals surface area contributed by atoms with Gasteiger partial charge in [-0.3, -0.25) is 4.79 Å². The van der Waals surface area contributed by atoms with Gasteiger partial charge in [0.1, 0.15) is 29.5 Å². The van der Waals surface area contributed by atoms with Crippen LogP contribution in [0.25, 0.3) is 0 Å². The molecule has 0 saturated carbocycles. The fourth-order valence-electron chi connectivity index (χ4n) is 3.47. The summed E-state index contributed by atoms with van der Waals surface area (Å²) in [5.41, 5.74) is 0.435. The molecule has 2 heterocycles. The zero-order valence-corrected chi connectivity index (χ0v) is 14.5. The van der Waals surface area contributed by atoms with Gasteiger partial charge in [0.05, 0.1) is 17.6 Å². The Bertz CT molecular complexity index is 865. The van der Waals surface area contributed by atoms with Gasteiger partial charge < -0.3 is 24.8 Å². The minimum Gasteiger partial charge on any atom is -0.508 e. The van der Waals surface area contributed by atoms with Crippen LogP contribution in [0.2, 0.25) is 0 Å². The molecule has 0 spiro atoms. The van der Waals surface area contributed by atoms with E-state index in [2.05, 4.69) is 0 Å². The minimum absolute atomic E-state index is 0.0916. The molecule has 2 aromatic rings. The van der Waals surface area contributed by atoms with Crippen LogP contribution in [0.4, 0.5) is 0 Å². The number of carbonyl (C=O) groups is 1. The molecule has 0 amide bonds. The van der Waals surface area contributed by atoms with Gasteiger partial charge in [-0.25, -0.2) is 0 Å². The van der Waals surface area contributed by atoms with Gasteiger partial charge in [-0.1, -0.05) is 12.1 Å². The van der Waals surface area contributed by atoms with Crippen LogP contribution in [0.5, 0.6) is 17.2 Å². The lowest BCUT2D eigenvalue weighted by molar-refractivity contribution is -0.0763. The number of aliphatic hydroxyl groups excluding tert-OH is 1. The summed E-state index contributed by atoms with van der Waals surface area (Å²) >= 11 is 0. The molecule has 0 bridgehead atoms. The van der Waals surface area contributed by atoms with Crippen LogP contribution >= 0.6 is 0 Å². The van der Waals surface area contributed by atoms with Gasteiger partial charge in [0.15, 0.2) is 11.9 Å². The van der Waals surface area contributed by atoms with Gasteiger partial charge >= 0.3 is 0 Å². The van der Waals surface area contributed by atoms with E-state index in [0.717, 1.165) is 5.56 Å². The van der Waals surface area contributed by atoms with E-state index >= 15 is 0 Å². The highest BCUT2D eigenvalue weighted by molar-refractivity contribution is 6.00. The number of ether oxygens (including phenoxy) is 2. The van der Waals surface area contributed by atoms with Gasteiger partial charge in [0.25, 0.3) is 0 Å². The Morgan fingerprint density at radius 2 is 1.77 bits per heavy atom. The predicted octanol–water partition coefficient (Wildman–Crippen LogP) is 2.66. The third kappa shape index (κ3) is 2.71. The Morgan fingerprint density at radius 3 is 2.42 bits per heavy atom. The van der Waals surface area contributed by atoms with E-state index in [1.54, 1.807) is 50.2 Å².